The summed E-state index contributed by atoms with van der Waals surface area (Å²) in [7, 11) is 0. The number of benzene rings is 1. The number of anilines is 1. The smallest absolute Gasteiger partial charge is 0.261 e. The summed E-state index contributed by atoms with van der Waals surface area (Å²) in [6.45, 7) is 0. The summed E-state index contributed by atoms with van der Waals surface area (Å²) < 4.78 is 0. The third-order valence-corrected chi connectivity index (χ3v) is 2.95. The first-order valence-electron chi connectivity index (χ1n) is 6.08. The van der Waals surface area contributed by atoms with Gasteiger partial charge >= 0.3 is 0 Å². The Morgan fingerprint density at radius 3 is 2.85 bits per heavy atom. The molecule has 5 nitrogen and oxygen atoms in total. The van der Waals surface area contributed by atoms with Crippen molar-refractivity contribution in [2.45, 2.75) is 0 Å². The normalized spacial score (nSPS) is 10.4. The molecule has 0 saturated carbocycles. The highest BCUT2D eigenvalue weighted by molar-refractivity contribution is 6.08. The summed E-state index contributed by atoms with van der Waals surface area (Å²) in [6, 6.07) is 10.5. The van der Waals surface area contributed by atoms with Crippen LogP contribution >= 0.6 is 0 Å². The molecule has 5 heteroatoms. The fourth-order valence-corrected chi connectivity index (χ4v) is 1.99. The minimum atomic E-state index is -0.454. The van der Waals surface area contributed by atoms with Gasteiger partial charge in [-0.25, -0.2) is 0 Å². The molecule has 0 fully saturated rings. The Morgan fingerprint density at radius 1 is 1.15 bits per heavy atom. The zero-order valence-electron chi connectivity index (χ0n) is 10.5. The molecular weight excluding hydrogens is 254 g/mol. The number of fused-ring (bicyclic) bond motifs is 1. The largest absolute Gasteiger partial charge is 0.367 e. The van der Waals surface area contributed by atoms with Crippen LogP contribution in [0.15, 0.2) is 59.8 Å². The van der Waals surface area contributed by atoms with E-state index in [0.29, 0.717) is 11.2 Å². The number of hydrogen-bond acceptors (Lipinski definition) is 3. The molecule has 0 aliphatic heterocycles. The van der Waals surface area contributed by atoms with Crippen LogP contribution < -0.4 is 10.7 Å². The summed E-state index contributed by atoms with van der Waals surface area (Å²) in [4.78, 5) is 30.7. The number of nitrogens with one attached hydrogen (secondary N) is 2. The van der Waals surface area contributed by atoms with E-state index in [-0.39, 0.29) is 11.0 Å². The van der Waals surface area contributed by atoms with Gasteiger partial charge in [0.05, 0.1) is 11.2 Å². The zero-order valence-corrected chi connectivity index (χ0v) is 10.5. The quantitative estimate of drug-likeness (QED) is 0.745. The predicted octanol–water partition coefficient (Wildman–Crippen LogP) is 2.18. The summed E-state index contributed by atoms with van der Waals surface area (Å²) >= 11 is 0. The van der Waals surface area contributed by atoms with Crippen molar-refractivity contribution in [1.29, 1.82) is 0 Å². The zero-order chi connectivity index (χ0) is 13.9. The molecule has 0 aliphatic rings. The average molecular weight is 265 g/mol. The van der Waals surface area contributed by atoms with Crippen molar-refractivity contribution in [2.24, 2.45) is 0 Å². The molecule has 0 radical (unpaired) electrons. The molecule has 2 heterocycles. The molecule has 2 N–H and O–H groups in total. The van der Waals surface area contributed by atoms with Crippen LogP contribution in [0.25, 0.3) is 10.9 Å². The topological polar surface area (TPSA) is 74.8 Å². The van der Waals surface area contributed by atoms with Gasteiger partial charge in [0, 0.05) is 30.0 Å². The van der Waals surface area contributed by atoms with Crippen LogP contribution in [-0.2, 0) is 0 Å². The third-order valence-electron chi connectivity index (χ3n) is 2.95. The average Bonchev–Trinajstić information content (AvgIpc) is 2.48. The van der Waals surface area contributed by atoms with E-state index in [2.05, 4.69) is 15.3 Å². The van der Waals surface area contributed by atoms with E-state index in [0.717, 1.165) is 5.39 Å². The lowest BCUT2D eigenvalue weighted by Crippen LogP contribution is -2.21. The van der Waals surface area contributed by atoms with Crippen molar-refractivity contribution in [3.63, 3.8) is 0 Å². The monoisotopic (exact) mass is 265 g/mol. The van der Waals surface area contributed by atoms with Crippen LogP contribution in [0.2, 0.25) is 0 Å². The molecule has 2 aromatic heterocycles. The molecular formula is C15H11N3O2. The maximum atomic E-state index is 12.1. The van der Waals surface area contributed by atoms with E-state index < -0.39 is 5.91 Å². The van der Waals surface area contributed by atoms with Crippen LogP contribution in [0.1, 0.15) is 10.4 Å². The molecule has 20 heavy (non-hydrogen) atoms. The summed E-state index contributed by atoms with van der Waals surface area (Å²) in [5.41, 5.74) is 1.02. The Balaban J connectivity index is 2.00. The third kappa shape index (κ3) is 2.16. The van der Waals surface area contributed by atoms with E-state index in [4.69, 9.17) is 0 Å². The highest BCUT2D eigenvalue weighted by atomic mass is 16.2. The van der Waals surface area contributed by atoms with Gasteiger partial charge in [-0.05, 0) is 12.1 Å². The first-order valence-corrected chi connectivity index (χ1v) is 6.08. The molecule has 0 bridgehead atoms. The number of para-hydroxylation sites is 1. The van der Waals surface area contributed by atoms with Gasteiger partial charge in [-0.3, -0.25) is 14.6 Å². The van der Waals surface area contributed by atoms with Gasteiger partial charge in [0.2, 0.25) is 0 Å². The Labute approximate surface area is 114 Å². The number of rotatable bonds is 2. The van der Waals surface area contributed by atoms with Crippen molar-refractivity contribution >= 4 is 22.5 Å². The second-order valence-corrected chi connectivity index (χ2v) is 4.26. The first-order chi connectivity index (χ1) is 9.75. The number of carbonyl (C=O) groups is 1. The molecule has 0 saturated heterocycles. The van der Waals surface area contributed by atoms with Crippen LogP contribution in [0.5, 0.6) is 0 Å². The number of hydrogen-bond donors (Lipinski definition) is 2. The number of pyridine rings is 2. The van der Waals surface area contributed by atoms with Crippen LogP contribution in [0.3, 0.4) is 0 Å². The Bertz CT molecular complexity index is 834. The number of aromatic amines is 1. The van der Waals surface area contributed by atoms with E-state index >= 15 is 0 Å². The molecule has 0 atom stereocenters. The van der Waals surface area contributed by atoms with E-state index in [9.17, 15) is 9.59 Å². The van der Waals surface area contributed by atoms with E-state index in [1.54, 1.807) is 12.3 Å². The number of nitrogens with zero attached hydrogens (tertiary/aromatic N) is 1. The Hall–Kier alpha value is -2.95. The SMILES string of the molecule is O=C(Nc1cccc2cccnc12)c1c[nH]ccc1=O. The molecule has 1 amide bonds. The standard InChI is InChI=1S/C15H11N3O2/c19-13-6-8-16-9-11(13)15(20)18-12-5-1-3-10-4-2-7-17-14(10)12/h1-9H,(H,16,19)(H,18,20). The van der Waals surface area contributed by atoms with Crippen LogP contribution in [-0.4, -0.2) is 15.9 Å². The van der Waals surface area contributed by atoms with Crippen molar-refractivity contribution in [3.05, 3.63) is 70.8 Å². The van der Waals surface area contributed by atoms with Gasteiger partial charge in [0.1, 0.15) is 5.56 Å². The number of aromatic nitrogens is 2. The molecule has 3 rings (SSSR count). The number of carbonyl (C=O) groups excluding carboxylic acids is 1. The van der Waals surface area contributed by atoms with Crippen molar-refractivity contribution < 1.29 is 4.79 Å². The maximum Gasteiger partial charge on any atom is 0.261 e. The fourth-order valence-electron chi connectivity index (χ4n) is 1.99. The van der Waals surface area contributed by atoms with Crippen molar-refractivity contribution in [2.75, 3.05) is 5.32 Å². The second-order valence-electron chi connectivity index (χ2n) is 4.26. The minimum Gasteiger partial charge on any atom is -0.367 e. The van der Waals surface area contributed by atoms with Gasteiger partial charge in [-0.1, -0.05) is 18.2 Å². The summed E-state index contributed by atoms with van der Waals surface area (Å²) in [6.07, 6.45) is 4.53. The van der Waals surface area contributed by atoms with Crippen molar-refractivity contribution in [1.82, 2.24) is 9.97 Å². The Kier molecular flexibility index (Phi) is 3.01. The Morgan fingerprint density at radius 2 is 2.00 bits per heavy atom. The number of amides is 1. The lowest BCUT2D eigenvalue weighted by atomic mass is 10.2. The fraction of sp³-hybridized carbons (Fsp3) is 0. The second kappa shape index (κ2) is 4.97. The highest BCUT2D eigenvalue weighted by Crippen LogP contribution is 2.20. The van der Waals surface area contributed by atoms with E-state index in [1.165, 1.54) is 18.5 Å². The van der Waals surface area contributed by atoms with Gasteiger partial charge in [0.25, 0.3) is 5.91 Å². The van der Waals surface area contributed by atoms with E-state index in [1.807, 2.05) is 24.3 Å². The van der Waals surface area contributed by atoms with Gasteiger partial charge < -0.3 is 10.3 Å². The molecule has 1 aromatic carbocycles. The molecule has 0 spiro atoms. The first kappa shape index (κ1) is 12.1. The predicted molar refractivity (Wildman–Crippen MR) is 76.8 cm³/mol. The van der Waals surface area contributed by atoms with Gasteiger partial charge in [-0.2, -0.15) is 0 Å². The lowest BCUT2D eigenvalue weighted by Gasteiger charge is -2.07. The minimum absolute atomic E-state index is 0.0698. The summed E-state index contributed by atoms with van der Waals surface area (Å²) in [5, 5.41) is 3.64. The van der Waals surface area contributed by atoms with Gasteiger partial charge in [0.15, 0.2) is 5.43 Å². The molecule has 98 valence electrons. The van der Waals surface area contributed by atoms with Crippen molar-refractivity contribution in [3.8, 4) is 0 Å². The summed E-state index contributed by atoms with van der Waals surface area (Å²) in [5.74, 6) is -0.454. The van der Waals surface area contributed by atoms with Crippen LogP contribution in [0, 0.1) is 0 Å². The highest BCUT2D eigenvalue weighted by Gasteiger charge is 2.11. The number of H-pyrrole nitrogens is 1. The molecule has 3 aromatic rings. The van der Waals surface area contributed by atoms with Crippen LogP contribution in [0.4, 0.5) is 5.69 Å². The van der Waals surface area contributed by atoms with Gasteiger partial charge in [-0.15, -0.1) is 0 Å². The molecule has 0 unspecified atom stereocenters. The molecule has 0 aliphatic carbocycles. The maximum absolute atomic E-state index is 12.1. The lowest BCUT2D eigenvalue weighted by molar-refractivity contribution is 0.102.